The number of halogens is 1. The maximum absolute atomic E-state index is 12.6. The van der Waals surface area contributed by atoms with E-state index in [-0.39, 0.29) is 24.7 Å². The van der Waals surface area contributed by atoms with E-state index in [1.54, 1.807) is 58.0 Å². The van der Waals surface area contributed by atoms with Crippen LogP contribution in [-0.4, -0.2) is 52.3 Å². The van der Waals surface area contributed by atoms with E-state index >= 15 is 0 Å². The van der Waals surface area contributed by atoms with E-state index in [1.807, 2.05) is 0 Å². The van der Waals surface area contributed by atoms with Crippen LogP contribution in [0.1, 0.15) is 38.1 Å². The van der Waals surface area contributed by atoms with E-state index in [9.17, 15) is 19.2 Å². The van der Waals surface area contributed by atoms with Crippen LogP contribution in [0.15, 0.2) is 36.4 Å². The summed E-state index contributed by atoms with van der Waals surface area (Å²) in [5.41, 5.74) is -1.49. The Balaban J connectivity index is 1.64. The largest absolute Gasteiger partial charge is 0.444 e. The minimum absolute atomic E-state index is 0.0677. The van der Waals surface area contributed by atoms with Gasteiger partial charge in [0.05, 0.1) is 19.1 Å². The van der Waals surface area contributed by atoms with Gasteiger partial charge in [-0.15, -0.1) is 0 Å². The SMILES string of the molecule is C[C@@H](NC(=O)c1ccc2c(OF)cccc2c1)C1(O)CN(C(=O)OC(C)(C)C)C1. The molecule has 2 N–H and O–H groups in total. The number of benzene rings is 2. The average molecular weight is 404 g/mol. The number of β-amino-alcohol motifs (C(OH)–C–C–N with tert-alkyl or cyclic N) is 1. The van der Waals surface area contributed by atoms with Crippen LogP contribution in [-0.2, 0) is 4.74 Å². The molecular weight excluding hydrogens is 379 g/mol. The van der Waals surface area contributed by atoms with Crippen molar-refractivity contribution in [3.63, 3.8) is 0 Å². The number of carbonyl (C=O) groups excluding carboxylic acids is 2. The first-order valence-electron chi connectivity index (χ1n) is 9.35. The molecule has 0 spiro atoms. The second kappa shape index (κ2) is 7.51. The zero-order valence-corrected chi connectivity index (χ0v) is 16.9. The van der Waals surface area contributed by atoms with Crippen molar-refractivity contribution in [1.29, 1.82) is 0 Å². The lowest BCUT2D eigenvalue weighted by Gasteiger charge is -2.49. The van der Waals surface area contributed by atoms with Gasteiger partial charge in [-0.3, -0.25) is 9.74 Å². The molecule has 2 aromatic rings. The van der Waals surface area contributed by atoms with Crippen molar-refractivity contribution in [2.24, 2.45) is 0 Å². The summed E-state index contributed by atoms with van der Waals surface area (Å²) in [6.07, 6.45) is -0.499. The Hall–Kier alpha value is -2.87. The van der Waals surface area contributed by atoms with Crippen LogP contribution in [0, 0.1) is 0 Å². The average Bonchev–Trinajstić information content (AvgIpc) is 2.62. The molecule has 156 valence electrons. The van der Waals surface area contributed by atoms with Crippen molar-refractivity contribution < 1.29 is 28.9 Å². The fourth-order valence-corrected chi connectivity index (χ4v) is 3.22. The highest BCUT2D eigenvalue weighted by atomic mass is 19.3. The van der Waals surface area contributed by atoms with Gasteiger partial charge in [-0.25, -0.2) is 4.79 Å². The fourth-order valence-electron chi connectivity index (χ4n) is 3.22. The highest BCUT2D eigenvalue weighted by Gasteiger charge is 2.49. The lowest BCUT2D eigenvalue weighted by atomic mass is 9.87. The molecule has 2 amide bonds. The zero-order chi connectivity index (χ0) is 21.4. The summed E-state index contributed by atoms with van der Waals surface area (Å²) in [7, 11) is 0. The number of amides is 2. The van der Waals surface area contributed by atoms with Gasteiger partial charge in [-0.05, 0) is 57.3 Å². The van der Waals surface area contributed by atoms with Crippen molar-refractivity contribution in [3.8, 4) is 5.75 Å². The number of ether oxygens (including phenoxy) is 1. The van der Waals surface area contributed by atoms with Gasteiger partial charge >= 0.3 is 6.09 Å². The zero-order valence-electron chi connectivity index (χ0n) is 16.9. The molecule has 1 aliphatic heterocycles. The van der Waals surface area contributed by atoms with Gasteiger partial charge in [-0.1, -0.05) is 12.1 Å². The molecule has 1 atom stereocenters. The first-order valence-corrected chi connectivity index (χ1v) is 9.35. The van der Waals surface area contributed by atoms with Gasteiger partial charge in [0.25, 0.3) is 5.91 Å². The molecule has 29 heavy (non-hydrogen) atoms. The van der Waals surface area contributed by atoms with Crippen molar-refractivity contribution in [2.75, 3.05) is 13.1 Å². The molecule has 1 fully saturated rings. The van der Waals surface area contributed by atoms with E-state index in [0.29, 0.717) is 16.3 Å². The number of likely N-dealkylation sites (tertiary alicyclic amines) is 1. The molecule has 7 nitrogen and oxygen atoms in total. The van der Waals surface area contributed by atoms with Crippen molar-refractivity contribution in [2.45, 2.75) is 44.9 Å². The summed E-state index contributed by atoms with van der Waals surface area (Å²) in [5, 5.41) is 14.7. The third kappa shape index (κ3) is 4.42. The van der Waals surface area contributed by atoms with Crippen LogP contribution in [0.25, 0.3) is 10.8 Å². The number of aliphatic hydroxyl groups is 1. The normalized spacial score (nSPS) is 16.7. The predicted molar refractivity (Wildman–Crippen MR) is 105 cm³/mol. The van der Waals surface area contributed by atoms with E-state index < -0.39 is 23.3 Å². The lowest BCUT2D eigenvalue weighted by Crippen LogP contribution is -2.71. The molecule has 3 rings (SSSR count). The number of carbonyl (C=O) groups is 2. The molecule has 0 aromatic heterocycles. The Bertz CT molecular complexity index is 934. The lowest BCUT2D eigenvalue weighted by molar-refractivity contribution is -0.113. The van der Waals surface area contributed by atoms with Crippen molar-refractivity contribution in [3.05, 3.63) is 42.0 Å². The Morgan fingerprint density at radius 2 is 1.93 bits per heavy atom. The Morgan fingerprint density at radius 3 is 2.55 bits per heavy atom. The van der Waals surface area contributed by atoms with Crippen LogP contribution < -0.4 is 10.3 Å². The molecule has 0 unspecified atom stereocenters. The minimum atomic E-state index is -1.24. The van der Waals surface area contributed by atoms with E-state index in [0.717, 1.165) is 0 Å². The van der Waals surface area contributed by atoms with Crippen LogP contribution in [0.3, 0.4) is 0 Å². The van der Waals surface area contributed by atoms with Crippen LogP contribution in [0.4, 0.5) is 9.32 Å². The van der Waals surface area contributed by atoms with Gasteiger partial charge in [0.1, 0.15) is 11.2 Å². The molecule has 0 aliphatic carbocycles. The topological polar surface area (TPSA) is 88.1 Å². The quantitative estimate of drug-likeness (QED) is 0.817. The monoisotopic (exact) mass is 404 g/mol. The van der Waals surface area contributed by atoms with Crippen LogP contribution in [0.5, 0.6) is 5.75 Å². The van der Waals surface area contributed by atoms with Crippen molar-refractivity contribution in [1.82, 2.24) is 10.2 Å². The third-order valence-corrected chi connectivity index (χ3v) is 4.92. The first-order chi connectivity index (χ1) is 13.5. The van der Waals surface area contributed by atoms with Gasteiger partial charge < -0.3 is 20.1 Å². The Morgan fingerprint density at radius 1 is 1.24 bits per heavy atom. The molecule has 2 aromatic carbocycles. The highest BCUT2D eigenvalue weighted by Crippen LogP contribution is 2.28. The highest BCUT2D eigenvalue weighted by molar-refractivity contribution is 6.00. The molecule has 0 radical (unpaired) electrons. The summed E-state index contributed by atoms with van der Waals surface area (Å²) in [4.78, 5) is 29.9. The number of fused-ring (bicyclic) bond motifs is 1. The standard InChI is InChI=1S/C21H25FN2O5/c1-13(21(27)11-24(12-21)19(26)28-20(2,3)4)23-18(25)15-8-9-16-14(10-15)6-5-7-17(16)29-22/h5-10,13,27H,11-12H2,1-4H3,(H,23,25)/t13-/m1/s1. The summed E-state index contributed by atoms with van der Waals surface area (Å²) in [5.74, 6) is -0.302. The predicted octanol–water partition coefficient (Wildman–Crippen LogP) is 3.20. The minimum Gasteiger partial charge on any atom is -0.444 e. The molecular formula is C21H25FN2O5. The maximum Gasteiger partial charge on any atom is 0.410 e. The van der Waals surface area contributed by atoms with E-state index in [1.165, 1.54) is 11.0 Å². The summed E-state index contributed by atoms with van der Waals surface area (Å²) in [6.45, 7) is 7.13. The number of nitrogens with zero attached hydrogens (tertiary/aromatic N) is 1. The summed E-state index contributed by atoms with van der Waals surface area (Å²) >= 11 is 0. The second-order valence-electron chi connectivity index (χ2n) is 8.40. The van der Waals surface area contributed by atoms with Gasteiger partial charge in [-0.2, -0.15) is 0 Å². The molecule has 0 saturated carbocycles. The van der Waals surface area contributed by atoms with E-state index in [2.05, 4.69) is 10.3 Å². The second-order valence-corrected chi connectivity index (χ2v) is 8.40. The molecule has 1 saturated heterocycles. The molecule has 1 heterocycles. The number of nitrogens with one attached hydrogen (secondary N) is 1. The Kier molecular flexibility index (Phi) is 5.40. The molecule has 1 aliphatic rings. The smallest absolute Gasteiger partial charge is 0.410 e. The summed E-state index contributed by atoms with van der Waals surface area (Å²) in [6, 6.07) is 9.06. The first kappa shape index (κ1) is 20.9. The third-order valence-electron chi connectivity index (χ3n) is 4.92. The van der Waals surface area contributed by atoms with Gasteiger partial charge in [0.15, 0.2) is 5.75 Å². The molecule has 0 bridgehead atoms. The van der Waals surface area contributed by atoms with Crippen molar-refractivity contribution >= 4 is 22.8 Å². The number of hydrogen-bond acceptors (Lipinski definition) is 5. The summed E-state index contributed by atoms with van der Waals surface area (Å²) < 4.78 is 17.9. The van der Waals surface area contributed by atoms with E-state index in [4.69, 9.17) is 4.74 Å². The van der Waals surface area contributed by atoms with Gasteiger partial charge in [0.2, 0.25) is 0 Å². The van der Waals surface area contributed by atoms with Crippen LogP contribution >= 0.6 is 0 Å². The number of rotatable bonds is 4. The maximum atomic E-state index is 12.6. The van der Waals surface area contributed by atoms with Crippen LogP contribution in [0.2, 0.25) is 0 Å². The van der Waals surface area contributed by atoms with Gasteiger partial charge in [0, 0.05) is 15.5 Å². The molecule has 8 heteroatoms. The fraction of sp³-hybridized carbons (Fsp3) is 0.429. The number of hydrogen-bond donors (Lipinski definition) is 2. The Labute approximate surface area is 168 Å².